The molecule has 4 fully saturated rings. The number of carbonyl (C=O) groups is 1. The minimum atomic E-state index is -0.473. The number of guanidine groups is 1. The Kier molecular flexibility index (Phi) is 2.16. The number of aliphatic hydroxyl groups is 1. The number of nitrogens with one attached hydrogen (secondary N) is 1. The molecule has 1 heterocycles. The highest BCUT2D eigenvalue weighted by atomic mass is 16.3. The molecular weight excluding hydrogens is 242 g/mol. The van der Waals surface area contributed by atoms with E-state index >= 15 is 0 Å². The number of rotatable bonds is 1. The molecule has 1 amide bonds. The van der Waals surface area contributed by atoms with Crippen LogP contribution in [0.15, 0.2) is 4.99 Å². The molecule has 2 unspecified atom stereocenters. The lowest BCUT2D eigenvalue weighted by Crippen LogP contribution is -2.66. The second kappa shape index (κ2) is 3.51. The van der Waals surface area contributed by atoms with Crippen LogP contribution in [-0.2, 0) is 4.79 Å². The van der Waals surface area contributed by atoms with Crippen molar-refractivity contribution in [2.75, 3.05) is 13.6 Å². The van der Waals surface area contributed by atoms with Crippen molar-refractivity contribution in [2.24, 2.45) is 16.8 Å². The average molecular weight is 263 g/mol. The van der Waals surface area contributed by atoms with E-state index in [9.17, 15) is 9.90 Å². The van der Waals surface area contributed by atoms with Gasteiger partial charge < -0.3 is 10.4 Å². The van der Waals surface area contributed by atoms with Gasteiger partial charge in [-0.2, -0.15) is 0 Å². The van der Waals surface area contributed by atoms with Crippen molar-refractivity contribution in [3.8, 4) is 0 Å². The van der Waals surface area contributed by atoms with Gasteiger partial charge in [0, 0.05) is 12.6 Å². The zero-order valence-electron chi connectivity index (χ0n) is 11.4. The number of nitrogens with zero attached hydrogens (tertiary/aromatic N) is 2. The Hall–Kier alpha value is -1.10. The summed E-state index contributed by atoms with van der Waals surface area (Å²) in [5.41, 5.74) is -0.505. The van der Waals surface area contributed by atoms with E-state index in [-0.39, 0.29) is 18.0 Å². The predicted molar refractivity (Wildman–Crippen MR) is 70.6 cm³/mol. The van der Waals surface area contributed by atoms with E-state index in [1.165, 1.54) is 6.42 Å². The molecule has 0 aromatic rings. The predicted octanol–water partition coefficient (Wildman–Crippen LogP) is 0.488. The molecule has 5 nitrogen and oxygen atoms in total. The largest absolute Gasteiger partial charge is 0.390 e. The van der Waals surface area contributed by atoms with Crippen LogP contribution in [0.25, 0.3) is 0 Å². The molecule has 0 spiro atoms. The van der Waals surface area contributed by atoms with Crippen LogP contribution >= 0.6 is 0 Å². The van der Waals surface area contributed by atoms with Crippen LogP contribution in [0.3, 0.4) is 0 Å². The molecule has 0 saturated heterocycles. The number of carbonyl (C=O) groups excluding carboxylic acids is 1. The van der Waals surface area contributed by atoms with Gasteiger partial charge in [-0.15, -0.1) is 0 Å². The molecular formula is C14H21N3O2. The molecule has 1 aliphatic heterocycles. The third-order valence-corrected chi connectivity index (χ3v) is 5.46. The number of likely N-dealkylation sites (N-methyl/N-ethyl adjacent to an activating group) is 1. The normalized spacial score (nSPS) is 47.8. The van der Waals surface area contributed by atoms with E-state index in [0.29, 0.717) is 17.8 Å². The van der Waals surface area contributed by atoms with Crippen LogP contribution in [0.2, 0.25) is 0 Å². The van der Waals surface area contributed by atoms with Gasteiger partial charge in [-0.25, -0.2) is 4.99 Å². The first-order valence-electron chi connectivity index (χ1n) is 7.29. The van der Waals surface area contributed by atoms with Gasteiger partial charge in [0.15, 0.2) is 0 Å². The molecule has 5 rings (SSSR count). The van der Waals surface area contributed by atoms with Crippen molar-refractivity contribution in [3.05, 3.63) is 0 Å². The first-order chi connectivity index (χ1) is 8.97. The van der Waals surface area contributed by atoms with Crippen LogP contribution in [0.5, 0.6) is 0 Å². The maximum Gasteiger partial charge on any atom is 0.250 e. The summed E-state index contributed by atoms with van der Waals surface area (Å²) in [6.07, 6.45) is 6.25. The van der Waals surface area contributed by atoms with Crippen LogP contribution < -0.4 is 5.32 Å². The molecule has 0 radical (unpaired) electrons. The molecule has 4 bridgehead atoms. The second-order valence-corrected chi connectivity index (χ2v) is 7.18. The van der Waals surface area contributed by atoms with E-state index in [2.05, 4.69) is 10.3 Å². The van der Waals surface area contributed by atoms with Gasteiger partial charge in [-0.1, -0.05) is 0 Å². The number of hydrogen-bond donors (Lipinski definition) is 2. The van der Waals surface area contributed by atoms with Gasteiger partial charge in [0.05, 0.1) is 5.60 Å². The number of aliphatic imine (C=N–C) groups is 1. The quantitative estimate of drug-likeness (QED) is 0.723. The molecule has 19 heavy (non-hydrogen) atoms. The zero-order valence-corrected chi connectivity index (χ0v) is 11.4. The van der Waals surface area contributed by atoms with Gasteiger partial charge in [-0.3, -0.25) is 9.69 Å². The summed E-state index contributed by atoms with van der Waals surface area (Å²) in [5, 5.41) is 14.2. The summed E-state index contributed by atoms with van der Waals surface area (Å²) >= 11 is 0. The first-order valence-corrected chi connectivity index (χ1v) is 7.29. The summed E-state index contributed by atoms with van der Waals surface area (Å²) in [4.78, 5) is 17.5. The lowest BCUT2D eigenvalue weighted by Gasteiger charge is -2.60. The Morgan fingerprint density at radius 2 is 2.00 bits per heavy atom. The van der Waals surface area contributed by atoms with E-state index in [0.717, 1.165) is 32.1 Å². The Morgan fingerprint density at radius 3 is 2.53 bits per heavy atom. The van der Waals surface area contributed by atoms with Crippen molar-refractivity contribution < 1.29 is 9.90 Å². The molecule has 104 valence electrons. The highest BCUT2D eigenvalue weighted by molar-refractivity contribution is 6.02. The summed E-state index contributed by atoms with van der Waals surface area (Å²) in [6, 6.07) is 0. The first kappa shape index (κ1) is 11.7. The van der Waals surface area contributed by atoms with Crippen molar-refractivity contribution in [1.29, 1.82) is 0 Å². The smallest absolute Gasteiger partial charge is 0.250 e. The van der Waals surface area contributed by atoms with Crippen LogP contribution in [0.4, 0.5) is 0 Å². The third kappa shape index (κ3) is 1.71. The van der Waals surface area contributed by atoms with Crippen molar-refractivity contribution in [1.82, 2.24) is 10.2 Å². The summed E-state index contributed by atoms with van der Waals surface area (Å²) in [6.45, 7) is 0.256. The highest BCUT2D eigenvalue weighted by Gasteiger charge is 2.57. The van der Waals surface area contributed by atoms with Crippen molar-refractivity contribution >= 4 is 11.9 Å². The number of amides is 1. The molecule has 4 aliphatic carbocycles. The molecule has 5 heteroatoms. The Bertz CT molecular complexity index is 459. The zero-order chi connectivity index (χ0) is 13.3. The SMILES string of the molecule is CN1C(=O)CN=C1NC12CC3CC(CC(O)(C3)C1)C2. The van der Waals surface area contributed by atoms with Gasteiger partial charge in [0.1, 0.15) is 6.54 Å². The Morgan fingerprint density at radius 1 is 1.32 bits per heavy atom. The fraction of sp³-hybridized carbons (Fsp3) is 0.857. The minimum absolute atomic E-state index is 0.0312. The maximum absolute atomic E-state index is 11.6. The molecule has 0 aromatic heterocycles. The summed E-state index contributed by atoms with van der Waals surface area (Å²) in [7, 11) is 1.77. The molecule has 2 atom stereocenters. The maximum atomic E-state index is 11.6. The van der Waals surface area contributed by atoms with Crippen molar-refractivity contribution in [3.63, 3.8) is 0 Å². The fourth-order valence-electron chi connectivity index (χ4n) is 5.19. The van der Waals surface area contributed by atoms with Gasteiger partial charge in [-0.05, 0) is 50.4 Å². The molecule has 2 N–H and O–H groups in total. The lowest BCUT2D eigenvalue weighted by molar-refractivity contribution is -0.138. The Balaban J connectivity index is 1.59. The van der Waals surface area contributed by atoms with E-state index in [4.69, 9.17) is 0 Å². The molecule has 0 aromatic carbocycles. The van der Waals surface area contributed by atoms with Gasteiger partial charge >= 0.3 is 0 Å². The van der Waals surface area contributed by atoms with Gasteiger partial charge in [0.25, 0.3) is 5.91 Å². The average Bonchev–Trinajstić information content (AvgIpc) is 2.57. The minimum Gasteiger partial charge on any atom is -0.390 e. The van der Waals surface area contributed by atoms with Crippen LogP contribution in [0.1, 0.15) is 38.5 Å². The number of hydrogen-bond acceptors (Lipinski definition) is 4. The standard InChI is InChI=1S/C14H21N3O2/c1-17-11(18)7-15-12(17)16-13-3-9-2-10(4-13)6-14(19,5-9)8-13/h9-10,19H,2-8H2,1H3,(H,15,16). The summed E-state index contributed by atoms with van der Waals surface area (Å²) < 4.78 is 0. The fourth-order valence-corrected chi connectivity index (χ4v) is 5.19. The Labute approximate surface area is 113 Å². The lowest BCUT2D eigenvalue weighted by atomic mass is 9.51. The van der Waals surface area contributed by atoms with Crippen molar-refractivity contribution in [2.45, 2.75) is 49.7 Å². The van der Waals surface area contributed by atoms with Crippen LogP contribution in [0, 0.1) is 11.8 Å². The second-order valence-electron chi connectivity index (χ2n) is 7.18. The summed E-state index contributed by atoms with van der Waals surface area (Å²) in [5.74, 6) is 2.03. The molecule has 4 saturated carbocycles. The van der Waals surface area contributed by atoms with Gasteiger partial charge in [0.2, 0.25) is 5.96 Å². The van der Waals surface area contributed by atoms with E-state index < -0.39 is 5.60 Å². The highest BCUT2D eigenvalue weighted by Crippen LogP contribution is 2.57. The van der Waals surface area contributed by atoms with E-state index in [1.807, 2.05) is 0 Å². The van der Waals surface area contributed by atoms with Crippen LogP contribution in [-0.4, -0.2) is 46.6 Å². The molecule has 5 aliphatic rings. The van der Waals surface area contributed by atoms with E-state index in [1.54, 1.807) is 11.9 Å². The third-order valence-electron chi connectivity index (χ3n) is 5.46. The monoisotopic (exact) mass is 263 g/mol. The topological polar surface area (TPSA) is 64.9 Å².